The number of primary amides is 1. The minimum absolute atomic E-state index is 0.106. The van der Waals surface area contributed by atoms with E-state index in [1.165, 1.54) is 6.92 Å². The zero-order valence-corrected chi connectivity index (χ0v) is 9.66. The Morgan fingerprint density at radius 1 is 1.41 bits per heavy atom. The van der Waals surface area contributed by atoms with E-state index in [-0.39, 0.29) is 6.42 Å². The highest BCUT2D eigenvalue weighted by Gasteiger charge is 2.40. The van der Waals surface area contributed by atoms with Crippen molar-refractivity contribution in [2.75, 3.05) is 0 Å². The smallest absolute Gasteiger partial charge is 0.315 e. The Morgan fingerprint density at radius 3 is 2.35 bits per heavy atom. The molecule has 0 aromatic heterocycles. The minimum atomic E-state index is -0.951. The van der Waals surface area contributed by atoms with Gasteiger partial charge in [0.2, 0.25) is 5.91 Å². The molecule has 1 atom stereocenters. The molecule has 0 heterocycles. The molecule has 5 N–H and O–H groups in total. The molecule has 17 heavy (non-hydrogen) atoms. The molecule has 0 bridgehead atoms. The zero-order valence-electron chi connectivity index (χ0n) is 9.66. The van der Waals surface area contributed by atoms with Gasteiger partial charge in [-0.3, -0.25) is 9.59 Å². The summed E-state index contributed by atoms with van der Waals surface area (Å²) in [6.07, 6.45) is 2.06. The Bertz CT molecular complexity index is 338. The van der Waals surface area contributed by atoms with E-state index in [1.807, 2.05) is 0 Å². The molecule has 0 aromatic carbocycles. The van der Waals surface area contributed by atoms with E-state index in [2.05, 4.69) is 10.6 Å². The SMILES string of the molecule is CC(NC(=O)NC1(CC(=O)O)CCC1)C(N)=O. The molecule has 1 saturated carbocycles. The molecule has 1 aliphatic carbocycles. The van der Waals surface area contributed by atoms with Crippen LogP contribution >= 0.6 is 0 Å². The molecular weight excluding hydrogens is 226 g/mol. The predicted molar refractivity (Wildman–Crippen MR) is 59.2 cm³/mol. The summed E-state index contributed by atoms with van der Waals surface area (Å²) in [5.74, 6) is -1.59. The molecule has 1 rings (SSSR count). The van der Waals surface area contributed by atoms with Crippen molar-refractivity contribution in [2.24, 2.45) is 5.73 Å². The molecule has 1 aliphatic rings. The van der Waals surface area contributed by atoms with Crippen LogP contribution in [0.15, 0.2) is 0 Å². The van der Waals surface area contributed by atoms with E-state index >= 15 is 0 Å². The fraction of sp³-hybridized carbons (Fsp3) is 0.700. The number of amides is 3. The molecule has 0 saturated heterocycles. The van der Waals surface area contributed by atoms with Gasteiger partial charge in [0.1, 0.15) is 6.04 Å². The molecule has 1 unspecified atom stereocenters. The average Bonchev–Trinajstić information content (AvgIpc) is 2.13. The number of carboxylic acids is 1. The molecule has 0 aromatic rings. The van der Waals surface area contributed by atoms with Gasteiger partial charge in [-0.15, -0.1) is 0 Å². The summed E-state index contributed by atoms with van der Waals surface area (Å²) in [5, 5.41) is 13.7. The highest BCUT2D eigenvalue weighted by molar-refractivity contribution is 5.86. The maximum atomic E-state index is 11.5. The number of nitrogens with one attached hydrogen (secondary N) is 2. The molecular formula is C10H17N3O4. The molecule has 96 valence electrons. The fourth-order valence-corrected chi connectivity index (χ4v) is 1.78. The Balaban J connectivity index is 2.48. The van der Waals surface area contributed by atoms with Crippen LogP contribution in [0.3, 0.4) is 0 Å². The minimum Gasteiger partial charge on any atom is -0.481 e. The first-order valence-electron chi connectivity index (χ1n) is 5.44. The lowest BCUT2D eigenvalue weighted by Crippen LogP contribution is -2.59. The number of hydrogen-bond donors (Lipinski definition) is 4. The first-order valence-corrected chi connectivity index (χ1v) is 5.44. The summed E-state index contributed by atoms with van der Waals surface area (Å²) in [6.45, 7) is 1.46. The van der Waals surface area contributed by atoms with Crippen LogP contribution in [0.25, 0.3) is 0 Å². The standard InChI is InChI=1S/C10H17N3O4/c1-6(8(11)16)12-9(17)13-10(3-2-4-10)5-7(14)15/h6H,2-5H2,1H3,(H2,11,16)(H,14,15)(H2,12,13,17). The van der Waals surface area contributed by atoms with E-state index < -0.39 is 29.5 Å². The number of aliphatic carboxylic acids is 1. The van der Waals surface area contributed by atoms with Crippen molar-refractivity contribution in [2.45, 2.75) is 44.2 Å². The number of carbonyl (C=O) groups is 3. The molecule has 1 fully saturated rings. The number of nitrogens with two attached hydrogens (primary N) is 1. The van der Waals surface area contributed by atoms with Crippen molar-refractivity contribution in [1.29, 1.82) is 0 Å². The van der Waals surface area contributed by atoms with Crippen LogP contribution in [0.5, 0.6) is 0 Å². The van der Waals surface area contributed by atoms with Gasteiger partial charge in [-0.05, 0) is 26.2 Å². The highest BCUT2D eigenvalue weighted by Crippen LogP contribution is 2.34. The normalized spacial score (nSPS) is 18.6. The molecule has 0 aliphatic heterocycles. The molecule has 3 amide bonds. The van der Waals surface area contributed by atoms with Crippen molar-refractivity contribution in [1.82, 2.24) is 10.6 Å². The Labute approximate surface area is 98.7 Å². The lowest BCUT2D eigenvalue weighted by atomic mass is 9.74. The number of carbonyl (C=O) groups excluding carboxylic acids is 2. The number of rotatable bonds is 5. The van der Waals surface area contributed by atoms with Crippen LogP contribution in [0, 0.1) is 0 Å². The first-order chi connectivity index (χ1) is 7.84. The van der Waals surface area contributed by atoms with Crippen molar-refractivity contribution in [3.8, 4) is 0 Å². The van der Waals surface area contributed by atoms with Gasteiger partial charge in [-0.1, -0.05) is 0 Å². The van der Waals surface area contributed by atoms with Gasteiger partial charge in [0.15, 0.2) is 0 Å². The van der Waals surface area contributed by atoms with Gasteiger partial charge in [0, 0.05) is 0 Å². The van der Waals surface area contributed by atoms with Gasteiger partial charge in [0.25, 0.3) is 0 Å². The Hall–Kier alpha value is -1.79. The molecule has 7 nitrogen and oxygen atoms in total. The van der Waals surface area contributed by atoms with E-state index in [1.54, 1.807) is 0 Å². The average molecular weight is 243 g/mol. The molecule has 0 radical (unpaired) electrons. The monoisotopic (exact) mass is 243 g/mol. The van der Waals surface area contributed by atoms with E-state index in [0.29, 0.717) is 12.8 Å². The van der Waals surface area contributed by atoms with Gasteiger partial charge >= 0.3 is 12.0 Å². The van der Waals surface area contributed by atoms with Crippen LogP contribution < -0.4 is 16.4 Å². The maximum absolute atomic E-state index is 11.5. The van der Waals surface area contributed by atoms with Crippen LogP contribution in [-0.4, -0.2) is 34.6 Å². The summed E-state index contributed by atoms with van der Waals surface area (Å²) >= 11 is 0. The number of hydrogen-bond acceptors (Lipinski definition) is 3. The van der Waals surface area contributed by atoms with Crippen molar-refractivity contribution >= 4 is 17.9 Å². The summed E-state index contributed by atoms with van der Waals surface area (Å²) < 4.78 is 0. The summed E-state index contributed by atoms with van der Waals surface area (Å²) in [7, 11) is 0. The van der Waals surface area contributed by atoms with Gasteiger partial charge in [0.05, 0.1) is 12.0 Å². The second kappa shape index (κ2) is 5.03. The summed E-state index contributed by atoms with van der Waals surface area (Å²) in [5.41, 5.74) is 4.33. The second-order valence-corrected chi connectivity index (χ2v) is 4.43. The van der Waals surface area contributed by atoms with Crippen LogP contribution in [-0.2, 0) is 9.59 Å². The van der Waals surface area contributed by atoms with Crippen LogP contribution in [0.4, 0.5) is 4.79 Å². The van der Waals surface area contributed by atoms with Crippen molar-refractivity contribution < 1.29 is 19.5 Å². The van der Waals surface area contributed by atoms with Crippen molar-refractivity contribution in [3.05, 3.63) is 0 Å². The van der Waals surface area contributed by atoms with E-state index in [9.17, 15) is 14.4 Å². The topological polar surface area (TPSA) is 122 Å². The van der Waals surface area contributed by atoms with Gasteiger partial charge < -0.3 is 21.5 Å². The lowest BCUT2D eigenvalue weighted by Gasteiger charge is -2.41. The summed E-state index contributed by atoms with van der Waals surface area (Å²) in [4.78, 5) is 32.9. The summed E-state index contributed by atoms with van der Waals surface area (Å²) in [6, 6.07) is -1.34. The third kappa shape index (κ3) is 3.61. The Kier molecular flexibility index (Phi) is 3.93. The Morgan fingerprint density at radius 2 is 2.00 bits per heavy atom. The zero-order chi connectivity index (χ0) is 13.1. The molecule has 0 spiro atoms. The quantitative estimate of drug-likeness (QED) is 0.522. The largest absolute Gasteiger partial charge is 0.481 e. The second-order valence-electron chi connectivity index (χ2n) is 4.43. The van der Waals surface area contributed by atoms with Crippen LogP contribution in [0.1, 0.15) is 32.6 Å². The van der Waals surface area contributed by atoms with Gasteiger partial charge in [-0.2, -0.15) is 0 Å². The number of urea groups is 1. The highest BCUT2D eigenvalue weighted by atomic mass is 16.4. The third-order valence-corrected chi connectivity index (χ3v) is 2.95. The predicted octanol–water partition coefficient (Wildman–Crippen LogP) is -0.443. The molecule has 7 heteroatoms. The fourth-order valence-electron chi connectivity index (χ4n) is 1.78. The van der Waals surface area contributed by atoms with Crippen molar-refractivity contribution in [3.63, 3.8) is 0 Å². The lowest BCUT2D eigenvalue weighted by molar-refractivity contribution is -0.139. The third-order valence-electron chi connectivity index (χ3n) is 2.95. The number of carboxylic acid groups (broad SMARTS) is 1. The van der Waals surface area contributed by atoms with E-state index in [4.69, 9.17) is 10.8 Å². The van der Waals surface area contributed by atoms with Crippen LogP contribution in [0.2, 0.25) is 0 Å². The maximum Gasteiger partial charge on any atom is 0.315 e. The van der Waals surface area contributed by atoms with Gasteiger partial charge in [-0.25, -0.2) is 4.79 Å². The van der Waals surface area contributed by atoms with E-state index in [0.717, 1.165) is 6.42 Å². The first kappa shape index (κ1) is 13.3.